The van der Waals surface area contributed by atoms with Gasteiger partial charge in [0.15, 0.2) is 0 Å². The molecule has 3 nitrogen and oxygen atoms in total. The molecule has 1 aliphatic heterocycles. The highest BCUT2D eigenvalue weighted by Gasteiger charge is 2.53. The third-order valence-electron chi connectivity index (χ3n) is 5.94. The molecule has 2 aromatic rings. The van der Waals surface area contributed by atoms with Crippen molar-refractivity contribution in [3.8, 4) is 0 Å². The van der Waals surface area contributed by atoms with E-state index in [-0.39, 0.29) is 29.7 Å². The summed E-state index contributed by atoms with van der Waals surface area (Å²) in [5.41, 5.74) is 1.17. The number of amides is 2. The van der Waals surface area contributed by atoms with E-state index in [1.165, 1.54) is 11.0 Å². The summed E-state index contributed by atoms with van der Waals surface area (Å²) in [6.07, 6.45) is -3.43. The number of alkyl halides is 3. The second kappa shape index (κ2) is 4.96. The van der Waals surface area contributed by atoms with E-state index in [9.17, 15) is 22.8 Å². The fourth-order valence-electron chi connectivity index (χ4n) is 4.99. The summed E-state index contributed by atoms with van der Waals surface area (Å²) in [7, 11) is 0. The number of nitrogens with zero attached hydrogens (tertiary/aromatic N) is 1. The van der Waals surface area contributed by atoms with Crippen molar-refractivity contribution in [1.29, 1.82) is 0 Å². The molecule has 0 spiro atoms. The first-order valence-corrected chi connectivity index (χ1v) is 8.55. The first-order valence-electron chi connectivity index (χ1n) is 8.55. The van der Waals surface area contributed by atoms with Crippen LogP contribution in [0.15, 0.2) is 42.5 Å². The molecule has 0 radical (unpaired) electrons. The SMILES string of the molecule is O=C1c2ccccc2C(=O)N1[C@@H]1C[C@@H]2C[C@H]1c1cccc(C(F)(F)F)c12. The molecule has 2 aromatic carbocycles. The Morgan fingerprint density at radius 3 is 2.15 bits per heavy atom. The van der Waals surface area contributed by atoms with Crippen molar-refractivity contribution in [2.75, 3.05) is 0 Å². The Hall–Kier alpha value is -2.63. The van der Waals surface area contributed by atoms with Gasteiger partial charge < -0.3 is 0 Å². The zero-order valence-electron chi connectivity index (χ0n) is 13.6. The van der Waals surface area contributed by atoms with Crippen LogP contribution >= 0.6 is 0 Å². The Labute approximate surface area is 147 Å². The number of hydrogen-bond acceptors (Lipinski definition) is 2. The van der Waals surface area contributed by atoms with Crippen LogP contribution < -0.4 is 0 Å². The van der Waals surface area contributed by atoms with Gasteiger partial charge in [0.1, 0.15) is 0 Å². The van der Waals surface area contributed by atoms with Crippen molar-refractivity contribution in [2.24, 2.45) is 0 Å². The first kappa shape index (κ1) is 15.6. The van der Waals surface area contributed by atoms with Gasteiger partial charge in [-0.25, -0.2) is 0 Å². The fraction of sp³-hybridized carbons (Fsp3) is 0.300. The van der Waals surface area contributed by atoms with E-state index in [1.807, 2.05) is 0 Å². The number of carbonyl (C=O) groups is 2. The molecule has 3 atom stereocenters. The summed E-state index contributed by atoms with van der Waals surface area (Å²) in [4.78, 5) is 26.7. The zero-order chi connectivity index (χ0) is 18.2. The monoisotopic (exact) mass is 357 g/mol. The molecule has 2 aliphatic carbocycles. The summed E-state index contributed by atoms with van der Waals surface area (Å²) >= 11 is 0. The minimum Gasteiger partial charge on any atom is -0.271 e. The van der Waals surface area contributed by atoms with Gasteiger partial charge in [0.05, 0.1) is 16.7 Å². The average molecular weight is 357 g/mol. The summed E-state index contributed by atoms with van der Waals surface area (Å²) < 4.78 is 40.1. The molecule has 26 heavy (non-hydrogen) atoms. The maximum absolute atomic E-state index is 13.4. The minimum absolute atomic E-state index is 0.223. The van der Waals surface area contributed by atoms with E-state index in [1.54, 1.807) is 30.3 Å². The van der Waals surface area contributed by atoms with Gasteiger partial charge in [0.25, 0.3) is 11.8 Å². The second-order valence-corrected chi connectivity index (χ2v) is 7.17. The third kappa shape index (κ3) is 1.90. The van der Waals surface area contributed by atoms with E-state index in [4.69, 9.17) is 0 Å². The highest BCUT2D eigenvalue weighted by Crippen LogP contribution is 2.58. The van der Waals surface area contributed by atoms with Crippen LogP contribution in [0.5, 0.6) is 0 Å². The van der Waals surface area contributed by atoms with Crippen LogP contribution in [0.2, 0.25) is 0 Å². The van der Waals surface area contributed by atoms with Gasteiger partial charge in [0, 0.05) is 12.0 Å². The Kier molecular flexibility index (Phi) is 2.98. The molecule has 6 heteroatoms. The normalized spacial score (nSPS) is 26.4. The molecule has 1 saturated carbocycles. The van der Waals surface area contributed by atoms with Gasteiger partial charge in [0.2, 0.25) is 0 Å². The van der Waals surface area contributed by atoms with Gasteiger partial charge in [-0.1, -0.05) is 24.3 Å². The van der Waals surface area contributed by atoms with Crippen LogP contribution in [0.25, 0.3) is 0 Å². The maximum Gasteiger partial charge on any atom is 0.416 e. The number of rotatable bonds is 1. The molecule has 1 fully saturated rings. The van der Waals surface area contributed by atoms with Crippen molar-refractivity contribution in [3.05, 3.63) is 70.3 Å². The third-order valence-corrected chi connectivity index (χ3v) is 5.94. The highest BCUT2D eigenvalue weighted by molar-refractivity contribution is 6.21. The van der Waals surface area contributed by atoms with E-state index in [2.05, 4.69) is 0 Å². The van der Waals surface area contributed by atoms with Crippen molar-refractivity contribution < 1.29 is 22.8 Å². The maximum atomic E-state index is 13.4. The number of halogens is 3. The van der Waals surface area contributed by atoms with Gasteiger partial charge in [-0.05, 0) is 48.1 Å². The smallest absolute Gasteiger partial charge is 0.271 e. The molecule has 2 bridgehead atoms. The van der Waals surface area contributed by atoms with Gasteiger partial charge in [-0.15, -0.1) is 0 Å². The van der Waals surface area contributed by atoms with E-state index in [0.717, 1.165) is 6.07 Å². The lowest BCUT2D eigenvalue weighted by Crippen LogP contribution is -2.42. The number of fused-ring (bicyclic) bond motifs is 6. The zero-order valence-corrected chi connectivity index (χ0v) is 13.6. The van der Waals surface area contributed by atoms with Crippen molar-refractivity contribution >= 4 is 11.8 Å². The van der Waals surface area contributed by atoms with Crippen LogP contribution in [0.4, 0.5) is 13.2 Å². The topological polar surface area (TPSA) is 37.4 Å². The lowest BCUT2D eigenvalue weighted by molar-refractivity contribution is -0.138. The lowest BCUT2D eigenvalue weighted by atomic mass is 9.84. The van der Waals surface area contributed by atoms with Crippen LogP contribution in [-0.2, 0) is 6.18 Å². The number of benzene rings is 2. The summed E-state index contributed by atoms with van der Waals surface area (Å²) in [5, 5.41) is 0. The fourth-order valence-corrected chi connectivity index (χ4v) is 4.99. The quantitative estimate of drug-likeness (QED) is 0.712. The molecule has 0 unspecified atom stereocenters. The van der Waals surface area contributed by atoms with Crippen LogP contribution in [0.1, 0.15) is 62.1 Å². The van der Waals surface area contributed by atoms with Gasteiger partial charge in [-0.3, -0.25) is 14.5 Å². The second-order valence-electron chi connectivity index (χ2n) is 7.17. The number of hydrogen-bond donors (Lipinski definition) is 0. The first-order chi connectivity index (χ1) is 12.4. The Morgan fingerprint density at radius 1 is 0.885 bits per heavy atom. The summed E-state index contributed by atoms with van der Waals surface area (Å²) in [6, 6.07) is 10.5. The molecule has 5 rings (SSSR count). The Bertz CT molecular complexity index is 931. The van der Waals surface area contributed by atoms with Gasteiger partial charge in [-0.2, -0.15) is 13.2 Å². The van der Waals surface area contributed by atoms with E-state index < -0.39 is 11.7 Å². The van der Waals surface area contributed by atoms with E-state index in [0.29, 0.717) is 35.1 Å². The molecular formula is C20H14F3NO2. The number of imide groups is 1. The van der Waals surface area contributed by atoms with Gasteiger partial charge >= 0.3 is 6.18 Å². The molecule has 0 N–H and O–H groups in total. The average Bonchev–Trinajstić information content (AvgIpc) is 3.26. The van der Waals surface area contributed by atoms with E-state index >= 15 is 0 Å². The van der Waals surface area contributed by atoms with Crippen LogP contribution in [-0.4, -0.2) is 22.8 Å². The molecule has 1 heterocycles. The minimum atomic E-state index is -4.39. The van der Waals surface area contributed by atoms with Crippen LogP contribution in [0.3, 0.4) is 0 Å². The molecule has 0 aromatic heterocycles. The standard InChI is InChI=1S/C20H14F3NO2/c21-20(22,23)15-7-3-6-11-14-8-10(17(11)15)9-16(14)24-18(25)12-4-1-2-5-13(12)19(24)26/h1-7,10,14,16H,8-9H2/t10-,14-,16+/m0/s1. The van der Waals surface area contributed by atoms with Crippen molar-refractivity contribution in [3.63, 3.8) is 0 Å². The predicted octanol–water partition coefficient (Wildman–Crippen LogP) is 4.34. The highest BCUT2D eigenvalue weighted by atomic mass is 19.4. The summed E-state index contributed by atoms with van der Waals surface area (Å²) in [6.45, 7) is 0. The Morgan fingerprint density at radius 2 is 1.54 bits per heavy atom. The molecule has 2 amide bonds. The molecule has 0 saturated heterocycles. The lowest BCUT2D eigenvalue weighted by Gasteiger charge is -2.32. The summed E-state index contributed by atoms with van der Waals surface area (Å²) in [5.74, 6) is -1.16. The van der Waals surface area contributed by atoms with Crippen molar-refractivity contribution in [2.45, 2.75) is 36.9 Å². The molecular weight excluding hydrogens is 343 g/mol. The Balaban J connectivity index is 1.55. The van der Waals surface area contributed by atoms with Crippen LogP contribution in [0, 0.1) is 0 Å². The number of carbonyl (C=O) groups excluding carboxylic acids is 2. The van der Waals surface area contributed by atoms with Crippen molar-refractivity contribution in [1.82, 2.24) is 4.90 Å². The largest absolute Gasteiger partial charge is 0.416 e. The predicted molar refractivity (Wildman–Crippen MR) is 86.9 cm³/mol. The molecule has 3 aliphatic rings. The molecule has 132 valence electrons.